The molecule has 0 saturated carbocycles. The van der Waals surface area contributed by atoms with Crippen molar-refractivity contribution in [3.63, 3.8) is 0 Å². The summed E-state index contributed by atoms with van der Waals surface area (Å²) in [6.45, 7) is 2.05. The van der Waals surface area contributed by atoms with E-state index in [0.29, 0.717) is 17.3 Å². The minimum Gasteiger partial charge on any atom is -0.508 e. The van der Waals surface area contributed by atoms with Crippen molar-refractivity contribution in [2.24, 2.45) is 0 Å². The minimum absolute atomic E-state index is 0.119. The van der Waals surface area contributed by atoms with E-state index in [9.17, 15) is 19.5 Å². The van der Waals surface area contributed by atoms with Crippen LogP contribution in [0.3, 0.4) is 0 Å². The Bertz CT molecular complexity index is 962. The number of phenols is 1. The summed E-state index contributed by atoms with van der Waals surface area (Å²) in [5.41, 5.74) is 0.564. The van der Waals surface area contributed by atoms with Crippen LogP contribution in [-0.2, 0) is 14.3 Å². The lowest BCUT2D eigenvalue weighted by Crippen LogP contribution is -2.35. The Hall–Kier alpha value is -3.17. The predicted octanol–water partition coefficient (Wildman–Crippen LogP) is 4.59. The maximum Gasteiger partial charge on any atom is 0.414 e. The summed E-state index contributed by atoms with van der Waals surface area (Å²) in [6.07, 6.45) is 0.329. The molecule has 0 aliphatic carbocycles. The van der Waals surface area contributed by atoms with Crippen molar-refractivity contribution in [2.75, 3.05) is 6.61 Å². The molecule has 32 heavy (non-hydrogen) atoms. The highest BCUT2D eigenvalue weighted by molar-refractivity contribution is 9.10. The summed E-state index contributed by atoms with van der Waals surface area (Å²) in [5, 5.41) is 21.3. The number of hydrogen-bond acceptors (Lipinski definition) is 6. The number of carbonyl (C=O) groups is 3. The van der Waals surface area contributed by atoms with Crippen molar-refractivity contribution < 1.29 is 34.1 Å². The maximum atomic E-state index is 12.5. The molecule has 0 unspecified atom stereocenters. The number of rotatable bonds is 10. The molecule has 2 rings (SSSR count). The van der Waals surface area contributed by atoms with Crippen LogP contribution in [0.5, 0.6) is 5.75 Å². The number of benzene rings is 2. The Balaban J connectivity index is 2.26. The highest BCUT2D eigenvalue weighted by Gasteiger charge is 2.30. The number of nitrogens with one attached hydrogen (secondary N) is 1. The highest BCUT2D eigenvalue weighted by Crippen LogP contribution is 2.35. The molecular formula is C23H24BrNO7. The lowest BCUT2D eigenvalue weighted by molar-refractivity contribution is -0.131. The summed E-state index contributed by atoms with van der Waals surface area (Å²) < 4.78 is 11.9. The van der Waals surface area contributed by atoms with Crippen LogP contribution in [0.15, 0.2) is 65.2 Å². The van der Waals surface area contributed by atoms with E-state index in [4.69, 9.17) is 14.6 Å². The number of halogens is 1. The molecule has 8 nitrogen and oxygen atoms in total. The van der Waals surface area contributed by atoms with E-state index >= 15 is 0 Å². The Morgan fingerprint density at radius 2 is 1.88 bits per heavy atom. The van der Waals surface area contributed by atoms with Gasteiger partial charge >= 0.3 is 12.1 Å². The van der Waals surface area contributed by atoms with E-state index in [0.717, 1.165) is 6.08 Å². The van der Waals surface area contributed by atoms with Gasteiger partial charge in [-0.15, -0.1) is 0 Å². The number of carboxylic acids is 1. The number of aliphatic carboxylic acids is 1. The first-order valence-corrected chi connectivity index (χ1v) is 10.7. The van der Waals surface area contributed by atoms with Gasteiger partial charge < -0.3 is 19.7 Å². The van der Waals surface area contributed by atoms with Crippen molar-refractivity contribution in [1.29, 1.82) is 0 Å². The molecule has 0 fully saturated rings. The monoisotopic (exact) mass is 505 g/mol. The van der Waals surface area contributed by atoms with Gasteiger partial charge in [-0.1, -0.05) is 40.2 Å². The average Bonchev–Trinajstić information content (AvgIpc) is 2.76. The van der Waals surface area contributed by atoms with Crippen LogP contribution in [0.1, 0.15) is 41.8 Å². The predicted molar refractivity (Wildman–Crippen MR) is 120 cm³/mol. The normalized spacial score (nSPS) is 12.8. The van der Waals surface area contributed by atoms with Crippen molar-refractivity contribution in [2.45, 2.75) is 32.0 Å². The van der Waals surface area contributed by atoms with Crippen LogP contribution in [0.4, 0.5) is 4.79 Å². The number of alkyl carbamates (subject to hydrolysis) is 1. The average molecular weight is 506 g/mol. The third kappa shape index (κ3) is 7.82. The third-order valence-electron chi connectivity index (χ3n) is 4.38. The van der Waals surface area contributed by atoms with Gasteiger partial charge in [-0.3, -0.25) is 10.1 Å². The Labute approximate surface area is 194 Å². The lowest BCUT2D eigenvalue weighted by Gasteiger charge is -2.27. The number of imide groups is 1. The van der Waals surface area contributed by atoms with Gasteiger partial charge in [-0.25, -0.2) is 9.59 Å². The molecule has 9 heteroatoms. The molecule has 0 aliphatic heterocycles. The third-order valence-corrected chi connectivity index (χ3v) is 4.87. The van der Waals surface area contributed by atoms with Crippen LogP contribution in [-0.4, -0.2) is 40.9 Å². The van der Waals surface area contributed by atoms with E-state index in [-0.39, 0.29) is 23.5 Å². The number of carboxylic acid groups (broad SMARTS) is 1. The molecule has 0 radical (unpaired) electrons. The Morgan fingerprint density at radius 1 is 1.16 bits per heavy atom. The zero-order valence-electron chi connectivity index (χ0n) is 17.4. The second-order valence-corrected chi connectivity index (χ2v) is 7.58. The summed E-state index contributed by atoms with van der Waals surface area (Å²) in [5.74, 6) is -1.83. The van der Waals surface area contributed by atoms with Crippen LogP contribution in [0.2, 0.25) is 0 Å². The maximum absolute atomic E-state index is 12.5. The van der Waals surface area contributed by atoms with E-state index in [2.05, 4.69) is 21.2 Å². The first-order valence-electron chi connectivity index (χ1n) is 9.88. The van der Waals surface area contributed by atoms with E-state index in [1.807, 2.05) is 0 Å². The summed E-state index contributed by atoms with van der Waals surface area (Å²) in [6, 6.07) is 12.8. The highest BCUT2D eigenvalue weighted by atomic mass is 79.9. The van der Waals surface area contributed by atoms with Crippen molar-refractivity contribution >= 4 is 33.9 Å². The molecule has 0 bridgehead atoms. The van der Waals surface area contributed by atoms with Crippen molar-refractivity contribution in [1.82, 2.24) is 5.32 Å². The number of aromatic hydroxyl groups is 1. The Morgan fingerprint density at radius 3 is 2.53 bits per heavy atom. The van der Waals surface area contributed by atoms with Gasteiger partial charge in [0.15, 0.2) is 6.10 Å². The lowest BCUT2D eigenvalue weighted by atomic mass is 9.99. The quantitative estimate of drug-likeness (QED) is 0.403. The number of hydrogen-bond donors (Lipinski definition) is 3. The van der Waals surface area contributed by atoms with Gasteiger partial charge in [-0.05, 0) is 50.1 Å². The summed E-state index contributed by atoms with van der Waals surface area (Å²) in [7, 11) is 0. The fraction of sp³-hybridized carbons (Fsp3) is 0.261. The molecule has 170 valence electrons. The molecule has 0 aromatic heterocycles. The van der Waals surface area contributed by atoms with E-state index in [1.165, 1.54) is 12.1 Å². The van der Waals surface area contributed by atoms with Crippen molar-refractivity contribution in [3.8, 4) is 5.75 Å². The second kappa shape index (κ2) is 12.6. The van der Waals surface area contributed by atoms with E-state index in [1.54, 1.807) is 49.4 Å². The minimum atomic E-state index is -1.07. The molecule has 2 atom stereocenters. The molecule has 3 N–H and O–H groups in total. The largest absolute Gasteiger partial charge is 0.508 e. The molecule has 2 amide bonds. The number of carbonyl (C=O) groups excluding carboxylic acids is 2. The molecule has 0 saturated heterocycles. The molecule has 2 aromatic carbocycles. The summed E-state index contributed by atoms with van der Waals surface area (Å²) >= 11 is 3.33. The Kier molecular flexibility index (Phi) is 9.90. The van der Waals surface area contributed by atoms with Crippen LogP contribution in [0.25, 0.3) is 0 Å². The molecule has 0 aliphatic rings. The number of amides is 2. The summed E-state index contributed by atoms with van der Waals surface area (Å²) in [4.78, 5) is 35.5. The zero-order chi connectivity index (χ0) is 23.5. The van der Waals surface area contributed by atoms with Crippen molar-refractivity contribution in [3.05, 3.63) is 76.3 Å². The molecule has 0 spiro atoms. The SMILES string of the molecule is CCO[C@H](CC/C=C/C(=O)O)[C@H](OC(=O)NC(=O)c1ccccc1)c1cc(Br)ccc1O. The topological polar surface area (TPSA) is 122 Å². The van der Waals surface area contributed by atoms with E-state index < -0.39 is 30.2 Å². The van der Waals surface area contributed by atoms with Gasteiger partial charge in [0.1, 0.15) is 5.75 Å². The number of phenolic OH excluding ortho intramolecular Hbond substituents is 1. The zero-order valence-corrected chi connectivity index (χ0v) is 18.9. The van der Waals surface area contributed by atoms with Gasteiger partial charge in [0.05, 0.1) is 6.10 Å². The number of ether oxygens (including phenoxy) is 2. The van der Waals surface area contributed by atoms with Gasteiger partial charge in [-0.2, -0.15) is 0 Å². The van der Waals surface area contributed by atoms with Gasteiger partial charge in [0.2, 0.25) is 0 Å². The first-order chi connectivity index (χ1) is 15.3. The van der Waals surface area contributed by atoms with Gasteiger partial charge in [0, 0.05) is 28.3 Å². The van der Waals surface area contributed by atoms with Gasteiger partial charge in [0.25, 0.3) is 5.91 Å². The fourth-order valence-corrected chi connectivity index (χ4v) is 3.35. The van der Waals surface area contributed by atoms with Crippen LogP contribution in [0, 0.1) is 0 Å². The van der Waals surface area contributed by atoms with Crippen LogP contribution >= 0.6 is 15.9 Å². The second-order valence-electron chi connectivity index (χ2n) is 6.66. The number of allylic oxidation sites excluding steroid dienone is 1. The molecule has 2 aromatic rings. The fourth-order valence-electron chi connectivity index (χ4n) is 2.97. The first kappa shape index (κ1) is 25.1. The molecule has 0 heterocycles. The molecular weight excluding hydrogens is 482 g/mol. The standard InChI is InChI=1S/C23H24BrNO7/c1-2-31-19(10-6-7-11-20(27)28)21(17-14-16(24)12-13-18(17)26)32-23(30)25-22(29)15-8-4-3-5-9-15/h3-5,7-9,11-14,19,21,26H,2,6,10H2,1H3,(H,27,28)(H,25,29,30)/b11-7+/t19-,21-/m1/s1. The smallest absolute Gasteiger partial charge is 0.414 e. The van der Waals surface area contributed by atoms with Crippen LogP contribution < -0.4 is 5.32 Å².